The molecule has 1 unspecified atom stereocenters. The summed E-state index contributed by atoms with van der Waals surface area (Å²) < 4.78 is 5.44. The molecule has 1 N–H and O–H groups in total. The molecule has 0 aliphatic carbocycles. The lowest BCUT2D eigenvalue weighted by molar-refractivity contribution is -0.143. The van der Waals surface area contributed by atoms with E-state index in [9.17, 15) is 4.79 Å². The van der Waals surface area contributed by atoms with Crippen LogP contribution in [0.4, 0.5) is 0 Å². The van der Waals surface area contributed by atoms with Crippen molar-refractivity contribution in [1.82, 2.24) is 10.2 Å². The van der Waals surface area contributed by atoms with Crippen molar-refractivity contribution in [2.24, 2.45) is 5.92 Å². The molecule has 4 nitrogen and oxygen atoms in total. The van der Waals surface area contributed by atoms with Crippen molar-refractivity contribution in [3.8, 4) is 0 Å². The van der Waals surface area contributed by atoms with Gasteiger partial charge in [-0.05, 0) is 26.3 Å². The van der Waals surface area contributed by atoms with Gasteiger partial charge >= 0.3 is 0 Å². The first kappa shape index (κ1) is 13.7. The second kappa shape index (κ2) is 6.42. The number of rotatable bonds is 1. The largest absolute Gasteiger partial charge is 0.375 e. The molecule has 2 saturated heterocycles. The highest BCUT2D eigenvalue weighted by molar-refractivity contribution is 5.85. The Kier molecular flexibility index (Phi) is 5.52. The Hall–Kier alpha value is -0.320. The number of ether oxygens (including phenoxy) is 1. The Morgan fingerprint density at radius 3 is 2.94 bits per heavy atom. The van der Waals surface area contributed by atoms with E-state index in [0.29, 0.717) is 12.5 Å². The number of carbonyl (C=O) groups is 1. The lowest BCUT2D eigenvalue weighted by Crippen LogP contribution is -2.49. The lowest BCUT2D eigenvalue weighted by Gasteiger charge is -2.34. The predicted octanol–water partition coefficient (Wildman–Crippen LogP) is 0.655. The molecule has 0 aromatic carbocycles. The van der Waals surface area contributed by atoms with Crippen LogP contribution in [-0.4, -0.2) is 49.7 Å². The minimum Gasteiger partial charge on any atom is -0.375 e. The van der Waals surface area contributed by atoms with Crippen LogP contribution in [-0.2, 0) is 9.53 Å². The van der Waals surface area contributed by atoms with E-state index in [1.165, 1.54) is 0 Å². The molecule has 5 heteroatoms. The smallest absolute Gasteiger partial charge is 0.227 e. The van der Waals surface area contributed by atoms with Crippen LogP contribution in [0.5, 0.6) is 0 Å². The number of nitrogens with zero attached hydrogens (tertiary/aromatic N) is 1. The summed E-state index contributed by atoms with van der Waals surface area (Å²) in [6.45, 7) is 6.15. The van der Waals surface area contributed by atoms with E-state index < -0.39 is 0 Å². The number of hydrogen-bond donors (Lipinski definition) is 1. The quantitative estimate of drug-likeness (QED) is 0.741. The van der Waals surface area contributed by atoms with Crippen molar-refractivity contribution in [2.75, 3.05) is 32.8 Å². The second-order valence-electron chi connectivity index (χ2n) is 4.51. The van der Waals surface area contributed by atoms with Gasteiger partial charge in [-0.3, -0.25) is 4.79 Å². The number of nitrogens with one attached hydrogen (secondary N) is 1. The Morgan fingerprint density at radius 2 is 2.31 bits per heavy atom. The van der Waals surface area contributed by atoms with Crippen LogP contribution in [0.1, 0.15) is 19.8 Å². The van der Waals surface area contributed by atoms with Gasteiger partial charge in [0.15, 0.2) is 0 Å². The van der Waals surface area contributed by atoms with Gasteiger partial charge in [0.1, 0.15) is 0 Å². The molecule has 2 aliphatic heterocycles. The Balaban J connectivity index is 0.00000128. The Bertz CT molecular complexity index is 232. The van der Waals surface area contributed by atoms with Crippen LogP contribution in [0.25, 0.3) is 0 Å². The molecule has 94 valence electrons. The van der Waals surface area contributed by atoms with E-state index in [1.54, 1.807) is 0 Å². The van der Waals surface area contributed by atoms with Crippen LogP contribution in [0.2, 0.25) is 0 Å². The standard InChI is InChI=1S/C11H20N2O2.ClH/c1-9-8-13(5-6-15-9)11(14)10-3-2-4-12-7-10;/h9-10,12H,2-8H2,1H3;1H/t9?,10-;/m1./s1. The van der Waals surface area contributed by atoms with Crippen molar-refractivity contribution in [3.63, 3.8) is 0 Å². The fourth-order valence-electron chi connectivity index (χ4n) is 2.34. The maximum Gasteiger partial charge on any atom is 0.227 e. The fraction of sp³-hybridized carbons (Fsp3) is 0.909. The maximum absolute atomic E-state index is 12.1. The van der Waals surface area contributed by atoms with E-state index in [2.05, 4.69) is 5.32 Å². The minimum atomic E-state index is 0. The third-order valence-electron chi connectivity index (χ3n) is 3.20. The summed E-state index contributed by atoms with van der Waals surface area (Å²) in [5.41, 5.74) is 0. The predicted molar refractivity (Wildman–Crippen MR) is 64.8 cm³/mol. The SMILES string of the molecule is CC1CN(C(=O)[C@@H]2CCCNC2)CCO1.Cl. The first-order valence-electron chi connectivity index (χ1n) is 5.88. The van der Waals surface area contributed by atoms with Crippen molar-refractivity contribution in [3.05, 3.63) is 0 Å². The van der Waals surface area contributed by atoms with Crippen LogP contribution in [0.15, 0.2) is 0 Å². The molecule has 0 saturated carbocycles. The molecular formula is C11H21ClN2O2. The van der Waals surface area contributed by atoms with Gasteiger partial charge in [-0.25, -0.2) is 0 Å². The highest BCUT2D eigenvalue weighted by Crippen LogP contribution is 2.15. The van der Waals surface area contributed by atoms with E-state index in [-0.39, 0.29) is 24.4 Å². The lowest BCUT2D eigenvalue weighted by atomic mass is 9.98. The van der Waals surface area contributed by atoms with Gasteiger partial charge in [0.25, 0.3) is 0 Å². The Labute approximate surface area is 103 Å². The zero-order chi connectivity index (χ0) is 10.7. The zero-order valence-electron chi connectivity index (χ0n) is 9.78. The maximum atomic E-state index is 12.1. The van der Waals surface area contributed by atoms with E-state index >= 15 is 0 Å². The molecule has 0 bridgehead atoms. The summed E-state index contributed by atoms with van der Waals surface area (Å²) in [5.74, 6) is 0.515. The van der Waals surface area contributed by atoms with Gasteiger partial charge in [0, 0.05) is 19.6 Å². The monoisotopic (exact) mass is 248 g/mol. The summed E-state index contributed by atoms with van der Waals surface area (Å²) in [6, 6.07) is 0. The van der Waals surface area contributed by atoms with Gasteiger partial charge in [0.2, 0.25) is 5.91 Å². The molecule has 2 fully saturated rings. The number of halogens is 1. The molecule has 16 heavy (non-hydrogen) atoms. The molecule has 2 atom stereocenters. The molecule has 1 amide bonds. The average Bonchev–Trinajstić information content (AvgIpc) is 2.29. The molecule has 0 spiro atoms. The first-order chi connectivity index (χ1) is 7.27. The molecule has 0 radical (unpaired) electrons. The van der Waals surface area contributed by atoms with Crippen molar-refractivity contribution in [1.29, 1.82) is 0 Å². The summed E-state index contributed by atoms with van der Waals surface area (Å²) >= 11 is 0. The average molecular weight is 249 g/mol. The van der Waals surface area contributed by atoms with Crippen LogP contribution in [0.3, 0.4) is 0 Å². The van der Waals surface area contributed by atoms with Crippen LogP contribution >= 0.6 is 12.4 Å². The van der Waals surface area contributed by atoms with Crippen molar-refractivity contribution < 1.29 is 9.53 Å². The third kappa shape index (κ3) is 3.34. The molecule has 0 aromatic rings. The van der Waals surface area contributed by atoms with Gasteiger partial charge in [-0.15, -0.1) is 12.4 Å². The van der Waals surface area contributed by atoms with Crippen LogP contribution < -0.4 is 5.32 Å². The first-order valence-corrected chi connectivity index (χ1v) is 5.88. The number of carbonyl (C=O) groups excluding carboxylic acids is 1. The normalized spacial score (nSPS) is 30.7. The van der Waals surface area contributed by atoms with Gasteiger partial charge in [-0.2, -0.15) is 0 Å². The second-order valence-corrected chi connectivity index (χ2v) is 4.51. The minimum absolute atomic E-state index is 0. The van der Waals surface area contributed by atoms with E-state index in [4.69, 9.17) is 4.74 Å². The molecule has 2 aliphatic rings. The van der Waals surface area contributed by atoms with Crippen molar-refractivity contribution in [2.45, 2.75) is 25.9 Å². The number of hydrogen-bond acceptors (Lipinski definition) is 3. The number of morpholine rings is 1. The zero-order valence-corrected chi connectivity index (χ0v) is 10.6. The third-order valence-corrected chi connectivity index (χ3v) is 3.20. The summed E-state index contributed by atoms with van der Waals surface area (Å²) in [4.78, 5) is 14.1. The van der Waals surface area contributed by atoms with E-state index in [1.807, 2.05) is 11.8 Å². The molecular weight excluding hydrogens is 228 g/mol. The molecule has 2 rings (SSSR count). The highest BCUT2D eigenvalue weighted by Gasteiger charge is 2.28. The number of amides is 1. The molecule has 2 heterocycles. The summed E-state index contributed by atoms with van der Waals surface area (Å²) in [5, 5.41) is 3.29. The van der Waals surface area contributed by atoms with Gasteiger partial charge < -0.3 is 15.0 Å². The highest BCUT2D eigenvalue weighted by atomic mass is 35.5. The molecule has 0 aromatic heterocycles. The van der Waals surface area contributed by atoms with Gasteiger partial charge in [0.05, 0.1) is 18.6 Å². The topological polar surface area (TPSA) is 41.6 Å². The fourth-order valence-corrected chi connectivity index (χ4v) is 2.34. The van der Waals surface area contributed by atoms with Gasteiger partial charge in [-0.1, -0.05) is 0 Å². The Morgan fingerprint density at radius 1 is 1.50 bits per heavy atom. The van der Waals surface area contributed by atoms with E-state index in [0.717, 1.165) is 39.0 Å². The van der Waals surface area contributed by atoms with Crippen molar-refractivity contribution >= 4 is 18.3 Å². The van der Waals surface area contributed by atoms with Crippen LogP contribution in [0, 0.1) is 5.92 Å². The number of piperidine rings is 1. The summed E-state index contributed by atoms with van der Waals surface area (Å²) in [7, 11) is 0. The summed E-state index contributed by atoms with van der Waals surface area (Å²) in [6.07, 6.45) is 2.35.